The number of aromatic nitrogens is 2. The van der Waals surface area contributed by atoms with Crippen LogP contribution in [-0.2, 0) is 22.3 Å². The zero-order valence-electron chi connectivity index (χ0n) is 18.9. The Morgan fingerprint density at radius 3 is 2.38 bits per heavy atom. The van der Waals surface area contributed by atoms with Crippen molar-refractivity contribution in [1.82, 2.24) is 19.6 Å². The minimum atomic E-state index is -4.55. The van der Waals surface area contributed by atoms with Gasteiger partial charge in [0.25, 0.3) is 0 Å². The SMILES string of the molecule is O=C(C[C@H]1CN(C(=O)Cn2ccc(C(F)(F)F)n2)CC[C@@H]1Oc1ccccc1)N1CCCCC1. The molecule has 10 heteroatoms. The molecule has 0 spiro atoms. The molecule has 2 fully saturated rings. The molecule has 2 aliphatic heterocycles. The summed E-state index contributed by atoms with van der Waals surface area (Å²) >= 11 is 0. The van der Waals surface area contributed by atoms with E-state index in [9.17, 15) is 22.8 Å². The topological polar surface area (TPSA) is 67.7 Å². The van der Waals surface area contributed by atoms with Crippen LogP contribution in [0.25, 0.3) is 0 Å². The zero-order valence-corrected chi connectivity index (χ0v) is 18.9. The zero-order chi connectivity index (χ0) is 24.1. The summed E-state index contributed by atoms with van der Waals surface area (Å²) in [6.07, 6.45) is 0.279. The first-order valence-corrected chi connectivity index (χ1v) is 11.7. The number of benzene rings is 1. The highest BCUT2D eigenvalue weighted by atomic mass is 19.4. The standard InChI is InChI=1S/C24H29F3N4O3/c25-24(26,27)21-10-14-31(28-21)17-23(33)30-13-9-20(34-19-7-3-1-4-8-19)18(16-30)15-22(32)29-11-5-2-6-12-29/h1,3-4,7-8,10,14,18,20H,2,5-6,9,11-13,15-17H2/t18-,20-/m0/s1. The van der Waals surface area contributed by atoms with Gasteiger partial charge in [-0.2, -0.15) is 18.3 Å². The predicted octanol–water partition coefficient (Wildman–Crippen LogP) is 3.60. The third kappa shape index (κ3) is 6.09. The molecule has 2 atom stereocenters. The molecule has 0 unspecified atom stereocenters. The number of hydrogen-bond acceptors (Lipinski definition) is 4. The van der Waals surface area contributed by atoms with Gasteiger partial charge in [-0.1, -0.05) is 18.2 Å². The number of alkyl halides is 3. The Kier molecular flexibility index (Phi) is 7.43. The third-order valence-electron chi connectivity index (χ3n) is 6.42. The number of halogens is 3. The number of hydrogen-bond donors (Lipinski definition) is 0. The lowest BCUT2D eigenvalue weighted by Crippen LogP contribution is -2.50. The maximum Gasteiger partial charge on any atom is 0.435 e. The average molecular weight is 479 g/mol. The van der Waals surface area contributed by atoms with E-state index in [1.54, 1.807) is 4.90 Å². The van der Waals surface area contributed by atoms with Gasteiger partial charge in [0.05, 0.1) is 0 Å². The second-order valence-corrected chi connectivity index (χ2v) is 8.90. The van der Waals surface area contributed by atoms with Gasteiger partial charge in [-0.15, -0.1) is 0 Å². The largest absolute Gasteiger partial charge is 0.490 e. The Balaban J connectivity index is 1.43. The predicted molar refractivity (Wildman–Crippen MR) is 118 cm³/mol. The molecule has 2 amide bonds. The molecular weight excluding hydrogens is 449 g/mol. The van der Waals surface area contributed by atoms with Gasteiger partial charge >= 0.3 is 6.18 Å². The Hall–Kier alpha value is -3.04. The molecule has 0 aliphatic carbocycles. The number of piperidine rings is 2. The third-order valence-corrected chi connectivity index (χ3v) is 6.42. The number of carbonyl (C=O) groups is 2. The number of para-hydroxylation sites is 1. The smallest absolute Gasteiger partial charge is 0.435 e. The van der Waals surface area contributed by atoms with E-state index in [1.807, 2.05) is 35.2 Å². The molecule has 2 aromatic rings. The fourth-order valence-electron chi connectivity index (χ4n) is 4.60. The summed E-state index contributed by atoms with van der Waals surface area (Å²) in [4.78, 5) is 29.3. The van der Waals surface area contributed by atoms with Crippen molar-refractivity contribution in [1.29, 1.82) is 0 Å². The summed E-state index contributed by atoms with van der Waals surface area (Å²) in [7, 11) is 0. The minimum absolute atomic E-state index is 0.0579. The van der Waals surface area contributed by atoms with Crippen LogP contribution in [0.4, 0.5) is 13.2 Å². The fraction of sp³-hybridized carbons (Fsp3) is 0.542. The van der Waals surface area contributed by atoms with Crippen molar-refractivity contribution in [2.24, 2.45) is 5.92 Å². The van der Waals surface area contributed by atoms with E-state index in [-0.39, 0.29) is 36.8 Å². The summed E-state index contributed by atoms with van der Waals surface area (Å²) in [5.41, 5.74) is -1.03. The number of likely N-dealkylation sites (tertiary alicyclic amines) is 2. The molecule has 0 radical (unpaired) electrons. The van der Waals surface area contributed by atoms with E-state index in [0.29, 0.717) is 25.3 Å². The number of rotatable bonds is 6. The van der Waals surface area contributed by atoms with Gasteiger partial charge in [-0.25, -0.2) is 0 Å². The van der Waals surface area contributed by atoms with Gasteiger partial charge in [-0.3, -0.25) is 14.3 Å². The van der Waals surface area contributed by atoms with Crippen LogP contribution in [-0.4, -0.2) is 63.7 Å². The van der Waals surface area contributed by atoms with Gasteiger partial charge in [0.15, 0.2) is 5.69 Å². The lowest BCUT2D eigenvalue weighted by Gasteiger charge is -2.39. The second kappa shape index (κ2) is 10.5. The van der Waals surface area contributed by atoms with Crippen LogP contribution in [0.1, 0.15) is 37.8 Å². The Bertz CT molecular complexity index is 973. The molecule has 7 nitrogen and oxygen atoms in total. The van der Waals surface area contributed by atoms with Gasteiger partial charge in [0, 0.05) is 51.1 Å². The van der Waals surface area contributed by atoms with E-state index in [4.69, 9.17) is 4.74 Å². The fourth-order valence-corrected chi connectivity index (χ4v) is 4.60. The van der Waals surface area contributed by atoms with Crippen LogP contribution < -0.4 is 4.74 Å². The van der Waals surface area contributed by atoms with Gasteiger partial charge < -0.3 is 14.5 Å². The molecule has 0 N–H and O–H groups in total. The van der Waals surface area contributed by atoms with E-state index in [2.05, 4.69) is 5.10 Å². The summed E-state index contributed by atoms with van der Waals surface area (Å²) < 4.78 is 45.7. The van der Waals surface area contributed by atoms with Crippen molar-refractivity contribution in [2.45, 2.75) is 50.9 Å². The first kappa shape index (κ1) is 24.1. The van der Waals surface area contributed by atoms with Gasteiger partial charge in [0.1, 0.15) is 18.4 Å². The quantitative estimate of drug-likeness (QED) is 0.636. The van der Waals surface area contributed by atoms with Crippen LogP contribution >= 0.6 is 0 Å². The van der Waals surface area contributed by atoms with E-state index in [0.717, 1.165) is 49.3 Å². The van der Waals surface area contributed by atoms with Gasteiger partial charge in [0.2, 0.25) is 11.8 Å². The highest BCUT2D eigenvalue weighted by Gasteiger charge is 2.36. The lowest BCUT2D eigenvalue weighted by atomic mass is 9.90. The van der Waals surface area contributed by atoms with Crippen molar-refractivity contribution < 1.29 is 27.5 Å². The lowest BCUT2D eigenvalue weighted by molar-refractivity contribution is -0.142. The van der Waals surface area contributed by atoms with E-state index < -0.39 is 11.9 Å². The Morgan fingerprint density at radius 1 is 0.971 bits per heavy atom. The van der Waals surface area contributed by atoms with Crippen molar-refractivity contribution in [3.8, 4) is 5.75 Å². The maximum absolute atomic E-state index is 13.0. The van der Waals surface area contributed by atoms with Crippen LogP contribution in [0.15, 0.2) is 42.6 Å². The Labute approximate surface area is 196 Å². The van der Waals surface area contributed by atoms with E-state index >= 15 is 0 Å². The molecule has 1 aromatic carbocycles. The molecule has 0 saturated carbocycles. The molecule has 1 aromatic heterocycles. The molecule has 2 aliphatic rings. The van der Waals surface area contributed by atoms with Crippen LogP contribution in [0.3, 0.4) is 0 Å². The number of ether oxygens (including phenoxy) is 1. The molecule has 0 bridgehead atoms. The second-order valence-electron chi connectivity index (χ2n) is 8.90. The van der Waals surface area contributed by atoms with Crippen molar-refractivity contribution in [2.75, 3.05) is 26.2 Å². The molecule has 2 saturated heterocycles. The molecule has 184 valence electrons. The summed E-state index contributed by atoms with van der Waals surface area (Å²) in [6.45, 7) is 1.92. The van der Waals surface area contributed by atoms with Gasteiger partial charge in [-0.05, 0) is 37.5 Å². The first-order chi connectivity index (χ1) is 16.3. The molecular formula is C24H29F3N4O3. The highest BCUT2D eigenvalue weighted by molar-refractivity contribution is 5.78. The molecule has 34 heavy (non-hydrogen) atoms. The van der Waals surface area contributed by atoms with Crippen LogP contribution in [0.5, 0.6) is 5.75 Å². The average Bonchev–Trinajstić information content (AvgIpc) is 3.30. The Morgan fingerprint density at radius 2 is 1.71 bits per heavy atom. The molecule has 3 heterocycles. The van der Waals surface area contributed by atoms with Crippen molar-refractivity contribution in [3.63, 3.8) is 0 Å². The molecule has 4 rings (SSSR count). The number of amides is 2. The normalized spacial score (nSPS) is 21.4. The number of carbonyl (C=O) groups excluding carboxylic acids is 2. The van der Waals surface area contributed by atoms with E-state index in [1.165, 1.54) is 0 Å². The minimum Gasteiger partial charge on any atom is -0.490 e. The highest BCUT2D eigenvalue weighted by Crippen LogP contribution is 2.28. The van der Waals surface area contributed by atoms with Crippen LogP contribution in [0, 0.1) is 5.92 Å². The monoisotopic (exact) mass is 478 g/mol. The van der Waals surface area contributed by atoms with Crippen molar-refractivity contribution >= 4 is 11.8 Å². The van der Waals surface area contributed by atoms with Crippen molar-refractivity contribution in [3.05, 3.63) is 48.3 Å². The summed E-state index contributed by atoms with van der Waals surface area (Å²) in [6, 6.07) is 10.2. The summed E-state index contributed by atoms with van der Waals surface area (Å²) in [5, 5.41) is 3.47. The summed E-state index contributed by atoms with van der Waals surface area (Å²) in [5.74, 6) is 0.225. The van der Waals surface area contributed by atoms with Crippen LogP contribution in [0.2, 0.25) is 0 Å². The first-order valence-electron chi connectivity index (χ1n) is 11.7. The maximum atomic E-state index is 13.0. The number of nitrogens with zero attached hydrogens (tertiary/aromatic N) is 4.